The summed E-state index contributed by atoms with van der Waals surface area (Å²) in [6.45, 7) is 0.606. The average Bonchev–Trinajstić information content (AvgIpc) is 3.25. The highest BCUT2D eigenvalue weighted by atomic mass is 16.4. The summed E-state index contributed by atoms with van der Waals surface area (Å²) in [5, 5.41) is 24.5. The van der Waals surface area contributed by atoms with Crippen molar-refractivity contribution in [2.24, 2.45) is 5.92 Å². The van der Waals surface area contributed by atoms with Gasteiger partial charge in [0.15, 0.2) is 0 Å². The van der Waals surface area contributed by atoms with Crippen LogP contribution >= 0.6 is 0 Å². The van der Waals surface area contributed by atoms with Crippen molar-refractivity contribution in [2.45, 2.75) is 63.0 Å². The predicted octanol–water partition coefficient (Wildman–Crippen LogP) is 2.03. The molecule has 4 rings (SSSR count). The molecule has 0 aromatic carbocycles. The van der Waals surface area contributed by atoms with Crippen molar-refractivity contribution in [1.82, 2.24) is 20.5 Å². The van der Waals surface area contributed by atoms with Gasteiger partial charge in [0.2, 0.25) is 11.8 Å². The smallest absolute Gasteiger partial charge is 0.315 e. The molecule has 8 heteroatoms. The molecule has 28 heavy (non-hydrogen) atoms. The van der Waals surface area contributed by atoms with Gasteiger partial charge in [-0.2, -0.15) is 0 Å². The van der Waals surface area contributed by atoms with Crippen molar-refractivity contribution >= 4 is 11.9 Å². The van der Waals surface area contributed by atoms with Crippen molar-refractivity contribution in [1.29, 1.82) is 0 Å². The fourth-order valence-corrected chi connectivity index (χ4v) is 3.83. The van der Waals surface area contributed by atoms with Gasteiger partial charge in [0.25, 0.3) is 0 Å². The summed E-state index contributed by atoms with van der Waals surface area (Å²) in [6, 6.07) is 5.93. The minimum Gasteiger partial charge on any atom is -0.408 e. The highest BCUT2D eigenvalue weighted by Gasteiger charge is 2.37. The minimum atomic E-state index is -0.608. The number of hydrogen-bond acceptors (Lipinski definition) is 7. The second-order valence-corrected chi connectivity index (χ2v) is 7.78. The van der Waals surface area contributed by atoms with E-state index in [9.17, 15) is 9.90 Å². The Kier molecular flexibility index (Phi) is 5.85. The van der Waals surface area contributed by atoms with Crippen LogP contribution in [0.4, 0.5) is 6.01 Å². The first kappa shape index (κ1) is 18.9. The molecule has 8 nitrogen and oxygen atoms in total. The van der Waals surface area contributed by atoms with E-state index in [1.54, 1.807) is 6.20 Å². The van der Waals surface area contributed by atoms with Crippen LogP contribution in [0.1, 0.15) is 56.0 Å². The van der Waals surface area contributed by atoms with E-state index in [-0.39, 0.29) is 17.9 Å². The molecule has 0 aliphatic heterocycles. The van der Waals surface area contributed by atoms with Gasteiger partial charge in [-0.05, 0) is 50.7 Å². The number of nitrogens with zero attached hydrogens (tertiary/aromatic N) is 3. The molecule has 0 bridgehead atoms. The molecule has 3 atom stereocenters. The van der Waals surface area contributed by atoms with E-state index in [2.05, 4.69) is 25.8 Å². The van der Waals surface area contributed by atoms with Gasteiger partial charge in [0.1, 0.15) is 0 Å². The summed E-state index contributed by atoms with van der Waals surface area (Å²) in [5.74, 6) is 0.825. The Balaban J connectivity index is 1.20. The first-order valence-corrected chi connectivity index (χ1v) is 10.1. The topological polar surface area (TPSA) is 113 Å². The second kappa shape index (κ2) is 8.68. The molecule has 2 saturated carbocycles. The number of carbonyl (C=O) groups is 1. The molecule has 2 aromatic heterocycles. The highest BCUT2D eigenvalue weighted by Crippen LogP contribution is 2.36. The average molecular weight is 385 g/mol. The van der Waals surface area contributed by atoms with Crippen LogP contribution in [0.5, 0.6) is 0 Å². The van der Waals surface area contributed by atoms with Crippen LogP contribution in [0.25, 0.3) is 0 Å². The maximum absolute atomic E-state index is 12.4. The lowest BCUT2D eigenvalue weighted by atomic mass is 9.85. The van der Waals surface area contributed by atoms with Crippen LogP contribution in [-0.4, -0.2) is 44.9 Å². The number of aliphatic hydroxyl groups is 1. The summed E-state index contributed by atoms with van der Waals surface area (Å²) in [6.07, 6.45) is 7.22. The number of rotatable bonds is 8. The summed E-state index contributed by atoms with van der Waals surface area (Å²) in [4.78, 5) is 16.7. The molecule has 0 unspecified atom stereocenters. The molecule has 2 aromatic rings. The van der Waals surface area contributed by atoms with Gasteiger partial charge in [-0.25, -0.2) is 0 Å². The van der Waals surface area contributed by atoms with Gasteiger partial charge >= 0.3 is 6.01 Å². The predicted molar refractivity (Wildman–Crippen MR) is 103 cm³/mol. The molecule has 1 amide bonds. The lowest BCUT2D eigenvalue weighted by Crippen LogP contribution is -2.31. The molecule has 3 N–H and O–H groups in total. The quantitative estimate of drug-likeness (QED) is 0.596. The van der Waals surface area contributed by atoms with E-state index >= 15 is 0 Å². The van der Waals surface area contributed by atoms with Gasteiger partial charge < -0.3 is 20.2 Å². The fraction of sp³-hybridized carbons (Fsp3) is 0.600. The number of anilines is 1. The van der Waals surface area contributed by atoms with Crippen molar-refractivity contribution in [3.8, 4) is 0 Å². The van der Waals surface area contributed by atoms with Crippen LogP contribution in [0.3, 0.4) is 0 Å². The number of nitrogens with one attached hydrogen (secondary N) is 2. The number of aryl methyl sites for hydroxylation is 1. The van der Waals surface area contributed by atoms with E-state index in [1.165, 1.54) is 6.42 Å². The summed E-state index contributed by atoms with van der Waals surface area (Å²) >= 11 is 0. The molecule has 2 aliphatic rings. The number of pyridine rings is 1. The Morgan fingerprint density at radius 2 is 2.14 bits per heavy atom. The van der Waals surface area contributed by atoms with Gasteiger partial charge in [-0.3, -0.25) is 9.78 Å². The van der Waals surface area contributed by atoms with E-state index in [1.807, 2.05) is 18.2 Å². The zero-order valence-corrected chi connectivity index (χ0v) is 15.9. The van der Waals surface area contributed by atoms with E-state index in [4.69, 9.17) is 4.42 Å². The highest BCUT2D eigenvalue weighted by molar-refractivity contribution is 5.79. The Bertz CT molecular complexity index is 777. The van der Waals surface area contributed by atoms with Crippen molar-refractivity contribution in [3.05, 3.63) is 36.0 Å². The zero-order chi connectivity index (χ0) is 19.3. The Morgan fingerprint density at radius 3 is 2.89 bits per heavy atom. The SMILES string of the molecule is O=C(NCCCc1ccccn1)[C@H]1C[C@H](Nc2nnc(C3CCC3)o2)[C@@H](O)C1. The molecule has 0 saturated heterocycles. The van der Waals surface area contributed by atoms with Crippen LogP contribution in [0, 0.1) is 5.92 Å². The molecular weight excluding hydrogens is 358 g/mol. The number of aliphatic hydroxyl groups excluding tert-OH is 1. The molecule has 2 aliphatic carbocycles. The van der Waals surface area contributed by atoms with Gasteiger partial charge in [-0.15, -0.1) is 5.10 Å². The lowest BCUT2D eigenvalue weighted by molar-refractivity contribution is -0.125. The first-order valence-electron chi connectivity index (χ1n) is 10.1. The first-order chi connectivity index (χ1) is 13.7. The zero-order valence-electron chi connectivity index (χ0n) is 15.9. The normalized spacial score (nSPS) is 24.7. The molecule has 2 heterocycles. The third-order valence-corrected chi connectivity index (χ3v) is 5.74. The van der Waals surface area contributed by atoms with Crippen LogP contribution < -0.4 is 10.6 Å². The van der Waals surface area contributed by atoms with Gasteiger partial charge in [0.05, 0.1) is 12.1 Å². The number of amides is 1. The van der Waals surface area contributed by atoms with Gasteiger partial charge in [-0.1, -0.05) is 17.6 Å². The standard InChI is InChI=1S/C20H27N5O3/c26-17-12-14(18(27)22-10-4-8-15-7-1-2-9-21-15)11-16(17)23-20-25-24-19(28-20)13-5-3-6-13/h1-2,7,9,13-14,16-17,26H,3-6,8,10-12H2,(H,22,27)(H,23,25)/t14-,16-,17-/m0/s1. The number of carbonyl (C=O) groups excluding carboxylic acids is 1. The van der Waals surface area contributed by atoms with E-state index in [0.717, 1.165) is 31.4 Å². The van der Waals surface area contributed by atoms with Crippen molar-refractivity contribution < 1.29 is 14.3 Å². The Labute approximate surface area is 164 Å². The maximum Gasteiger partial charge on any atom is 0.315 e. The second-order valence-electron chi connectivity index (χ2n) is 7.78. The summed E-state index contributed by atoms with van der Waals surface area (Å²) in [7, 11) is 0. The van der Waals surface area contributed by atoms with Crippen LogP contribution in [0.15, 0.2) is 28.8 Å². The van der Waals surface area contributed by atoms with Crippen LogP contribution in [0.2, 0.25) is 0 Å². The van der Waals surface area contributed by atoms with E-state index in [0.29, 0.717) is 37.2 Å². The lowest BCUT2D eigenvalue weighted by Gasteiger charge is -2.20. The summed E-state index contributed by atoms with van der Waals surface area (Å²) in [5.41, 5.74) is 1.03. The van der Waals surface area contributed by atoms with Crippen molar-refractivity contribution in [3.63, 3.8) is 0 Å². The molecule has 0 radical (unpaired) electrons. The largest absolute Gasteiger partial charge is 0.408 e. The Hall–Kier alpha value is -2.48. The third-order valence-electron chi connectivity index (χ3n) is 5.74. The molecule has 2 fully saturated rings. The number of hydrogen-bond donors (Lipinski definition) is 3. The van der Waals surface area contributed by atoms with E-state index < -0.39 is 6.10 Å². The monoisotopic (exact) mass is 385 g/mol. The Morgan fingerprint density at radius 1 is 1.25 bits per heavy atom. The summed E-state index contributed by atoms with van der Waals surface area (Å²) < 4.78 is 5.66. The van der Waals surface area contributed by atoms with Gasteiger partial charge in [0, 0.05) is 30.3 Å². The minimum absolute atomic E-state index is 0.00921. The maximum atomic E-state index is 12.4. The number of aromatic nitrogens is 3. The molecular formula is C20H27N5O3. The molecule has 150 valence electrons. The molecule has 0 spiro atoms. The fourth-order valence-electron chi connectivity index (χ4n) is 3.83. The van der Waals surface area contributed by atoms with Crippen molar-refractivity contribution in [2.75, 3.05) is 11.9 Å². The third kappa shape index (κ3) is 4.49. The van der Waals surface area contributed by atoms with Crippen LogP contribution in [-0.2, 0) is 11.2 Å².